The lowest BCUT2D eigenvalue weighted by molar-refractivity contribution is 0.200. The molecule has 0 aromatic heterocycles. The number of rotatable bonds is 4. The lowest BCUT2D eigenvalue weighted by Gasteiger charge is -2.25. The van der Waals surface area contributed by atoms with Gasteiger partial charge in [0.1, 0.15) is 5.82 Å². The standard InChI is InChI=1S/C19H21FN2O2/c1-21-11-10-14(12-21)13-22(19(23)24)18-5-3-2-4-17(18)15-6-8-16(20)9-7-15/h2-9,14H,10-13H2,1H3,(H,23,24)/t14-/m1/s1. The van der Waals surface area contributed by atoms with Gasteiger partial charge in [0.05, 0.1) is 5.69 Å². The fraction of sp³-hybridized carbons (Fsp3) is 0.316. The van der Waals surface area contributed by atoms with Crippen molar-refractivity contribution < 1.29 is 14.3 Å². The van der Waals surface area contributed by atoms with E-state index in [1.807, 2.05) is 24.3 Å². The van der Waals surface area contributed by atoms with E-state index in [-0.39, 0.29) is 5.82 Å². The van der Waals surface area contributed by atoms with Gasteiger partial charge in [-0.2, -0.15) is 0 Å². The average molecular weight is 328 g/mol. The summed E-state index contributed by atoms with van der Waals surface area (Å²) in [5, 5.41) is 9.72. The van der Waals surface area contributed by atoms with E-state index in [1.54, 1.807) is 12.1 Å². The van der Waals surface area contributed by atoms with Crippen LogP contribution in [0.2, 0.25) is 0 Å². The van der Waals surface area contributed by atoms with Crippen LogP contribution in [0.3, 0.4) is 0 Å². The van der Waals surface area contributed by atoms with Crippen LogP contribution in [0.5, 0.6) is 0 Å². The maximum absolute atomic E-state index is 13.2. The maximum atomic E-state index is 13.2. The Morgan fingerprint density at radius 2 is 1.96 bits per heavy atom. The molecule has 1 N–H and O–H groups in total. The van der Waals surface area contributed by atoms with E-state index in [0.29, 0.717) is 18.2 Å². The minimum absolute atomic E-state index is 0.305. The number of benzene rings is 2. The Morgan fingerprint density at radius 1 is 1.25 bits per heavy atom. The van der Waals surface area contributed by atoms with E-state index in [4.69, 9.17) is 0 Å². The minimum Gasteiger partial charge on any atom is -0.465 e. The summed E-state index contributed by atoms with van der Waals surface area (Å²) in [5.41, 5.74) is 2.25. The summed E-state index contributed by atoms with van der Waals surface area (Å²) in [4.78, 5) is 15.5. The molecule has 1 amide bonds. The fourth-order valence-corrected chi connectivity index (χ4v) is 3.30. The van der Waals surface area contributed by atoms with E-state index in [1.165, 1.54) is 17.0 Å². The molecular formula is C19H21FN2O2. The smallest absolute Gasteiger partial charge is 0.411 e. The summed E-state index contributed by atoms with van der Waals surface area (Å²) in [6.45, 7) is 2.37. The van der Waals surface area contributed by atoms with Crippen molar-refractivity contribution in [2.75, 3.05) is 31.6 Å². The molecule has 1 heterocycles. The highest BCUT2D eigenvalue weighted by Crippen LogP contribution is 2.32. The van der Waals surface area contributed by atoms with E-state index in [9.17, 15) is 14.3 Å². The predicted molar refractivity (Wildman–Crippen MR) is 92.8 cm³/mol. The number of hydrogen-bond acceptors (Lipinski definition) is 2. The van der Waals surface area contributed by atoms with Crippen molar-refractivity contribution in [3.8, 4) is 11.1 Å². The lowest BCUT2D eigenvalue weighted by atomic mass is 10.0. The van der Waals surface area contributed by atoms with Gasteiger partial charge in [-0.05, 0) is 49.7 Å². The van der Waals surface area contributed by atoms with Crippen LogP contribution in [-0.2, 0) is 0 Å². The molecule has 0 spiro atoms. The Balaban J connectivity index is 1.93. The van der Waals surface area contributed by atoms with Gasteiger partial charge in [-0.1, -0.05) is 30.3 Å². The molecular weight excluding hydrogens is 307 g/mol. The molecule has 2 aromatic rings. The van der Waals surface area contributed by atoms with Crippen molar-refractivity contribution in [2.24, 2.45) is 5.92 Å². The molecule has 126 valence electrons. The van der Waals surface area contributed by atoms with E-state index in [0.717, 1.165) is 30.6 Å². The quantitative estimate of drug-likeness (QED) is 0.925. The number of anilines is 1. The number of halogens is 1. The Labute approximate surface area is 141 Å². The summed E-state index contributed by atoms with van der Waals surface area (Å²) >= 11 is 0. The van der Waals surface area contributed by atoms with Gasteiger partial charge in [0.2, 0.25) is 0 Å². The van der Waals surface area contributed by atoms with Crippen LogP contribution in [-0.4, -0.2) is 42.8 Å². The van der Waals surface area contributed by atoms with Crippen LogP contribution >= 0.6 is 0 Å². The third kappa shape index (κ3) is 3.57. The van der Waals surface area contributed by atoms with Crippen LogP contribution in [0.15, 0.2) is 48.5 Å². The zero-order chi connectivity index (χ0) is 17.1. The van der Waals surface area contributed by atoms with Gasteiger partial charge in [0.15, 0.2) is 0 Å². The Hall–Kier alpha value is -2.40. The predicted octanol–water partition coefficient (Wildman–Crippen LogP) is 3.93. The zero-order valence-corrected chi connectivity index (χ0v) is 13.7. The molecule has 0 aliphatic carbocycles. The molecule has 3 rings (SSSR count). The van der Waals surface area contributed by atoms with E-state index in [2.05, 4.69) is 11.9 Å². The molecule has 0 bridgehead atoms. The molecule has 5 heteroatoms. The summed E-state index contributed by atoms with van der Waals surface area (Å²) in [7, 11) is 2.05. The molecule has 1 aliphatic rings. The molecule has 4 nitrogen and oxygen atoms in total. The molecule has 1 fully saturated rings. The van der Waals surface area contributed by atoms with Crippen LogP contribution in [0.1, 0.15) is 6.42 Å². The number of likely N-dealkylation sites (tertiary alicyclic amines) is 1. The maximum Gasteiger partial charge on any atom is 0.411 e. The highest BCUT2D eigenvalue weighted by Gasteiger charge is 2.26. The van der Waals surface area contributed by atoms with Crippen molar-refractivity contribution in [3.63, 3.8) is 0 Å². The number of hydrogen-bond donors (Lipinski definition) is 1. The van der Waals surface area contributed by atoms with Crippen molar-refractivity contribution in [1.82, 2.24) is 4.90 Å². The van der Waals surface area contributed by atoms with Crippen LogP contribution < -0.4 is 4.90 Å². The van der Waals surface area contributed by atoms with E-state index < -0.39 is 6.09 Å². The normalized spacial score (nSPS) is 17.8. The molecule has 0 saturated carbocycles. The van der Waals surface area contributed by atoms with E-state index >= 15 is 0 Å². The molecule has 24 heavy (non-hydrogen) atoms. The highest BCUT2D eigenvalue weighted by molar-refractivity contribution is 5.92. The number of para-hydroxylation sites is 1. The molecule has 0 unspecified atom stereocenters. The molecule has 1 saturated heterocycles. The zero-order valence-electron chi connectivity index (χ0n) is 13.7. The molecule has 2 aromatic carbocycles. The molecule has 1 atom stereocenters. The third-order valence-electron chi connectivity index (χ3n) is 4.51. The Kier molecular flexibility index (Phi) is 4.81. The number of amides is 1. The number of nitrogens with zero attached hydrogens (tertiary/aromatic N) is 2. The third-order valence-corrected chi connectivity index (χ3v) is 4.51. The first kappa shape index (κ1) is 16.5. The van der Waals surface area contributed by atoms with Crippen LogP contribution in [0.4, 0.5) is 14.9 Å². The van der Waals surface area contributed by atoms with Crippen LogP contribution in [0, 0.1) is 11.7 Å². The van der Waals surface area contributed by atoms with Gasteiger partial charge in [-0.15, -0.1) is 0 Å². The first-order valence-corrected chi connectivity index (χ1v) is 8.08. The SMILES string of the molecule is CN1CC[C@@H](CN(C(=O)O)c2ccccc2-c2ccc(F)cc2)C1. The van der Waals surface area contributed by atoms with Crippen molar-refractivity contribution in [1.29, 1.82) is 0 Å². The summed E-state index contributed by atoms with van der Waals surface area (Å²) in [6.07, 6.45) is 0.0399. The average Bonchev–Trinajstić information content (AvgIpc) is 2.98. The summed E-state index contributed by atoms with van der Waals surface area (Å²) in [5.74, 6) is 0.0210. The van der Waals surface area contributed by atoms with Crippen molar-refractivity contribution in [3.05, 3.63) is 54.3 Å². The molecule has 1 aliphatic heterocycles. The van der Waals surface area contributed by atoms with Gasteiger partial charge in [-0.25, -0.2) is 9.18 Å². The van der Waals surface area contributed by atoms with Gasteiger partial charge in [0.25, 0.3) is 0 Å². The second-order valence-corrected chi connectivity index (χ2v) is 6.33. The topological polar surface area (TPSA) is 43.8 Å². The largest absolute Gasteiger partial charge is 0.465 e. The summed E-state index contributed by atoms with van der Waals surface area (Å²) < 4.78 is 13.2. The van der Waals surface area contributed by atoms with Gasteiger partial charge in [-0.3, -0.25) is 4.90 Å². The van der Waals surface area contributed by atoms with Crippen molar-refractivity contribution in [2.45, 2.75) is 6.42 Å². The second-order valence-electron chi connectivity index (χ2n) is 6.33. The number of carboxylic acid groups (broad SMARTS) is 1. The van der Waals surface area contributed by atoms with Crippen molar-refractivity contribution >= 4 is 11.8 Å². The van der Waals surface area contributed by atoms with Gasteiger partial charge in [0, 0.05) is 18.7 Å². The highest BCUT2D eigenvalue weighted by atomic mass is 19.1. The monoisotopic (exact) mass is 328 g/mol. The first-order valence-electron chi connectivity index (χ1n) is 8.08. The van der Waals surface area contributed by atoms with Crippen LogP contribution in [0.25, 0.3) is 11.1 Å². The number of carbonyl (C=O) groups is 1. The summed E-state index contributed by atoms with van der Waals surface area (Å²) in [6, 6.07) is 13.5. The Morgan fingerprint density at radius 3 is 2.58 bits per heavy atom. The van der Waals surface area contributed by atoms with Gasteiger partial charge < -0.3 is 10.0 Å². The minimum atomic E-state index is -0.959. The van der Waals surface area contributed by atoms with Gasteiger partial charge >= 0.3 is 6.09 Å². The fourth-order valence-electron chi connectivity index (χ4n) is 3.30. The second kappa shape index (κ2) is 7.01. The molecule has 0 radical (unpaired) electrons. The lowest BCUT2D eigenvalue weighted by Crippen LogP contribution is -2.35. The first-order chi connectivity index (χ1) is 11.5. The Bertz CT molecular complexity index is 718.